The van der Waals surface area contributed by atoms with Crippen molar-refractivity contribution in [2.45, 2.75) is 39.2 Å². The molecule has 0 amide bonds. The standard InChI is InChI=1S/C14H21NO2/c1-3-7-15-14(12-5-4-8-16-10-12)13-6-9-17-11(13)2/h6,9-10,14-15H,3-5,7-8H2,1-2H3. The van der Waals surface area contributed by atoms with Gasteiger partial charge in [-0.05, 0) is 44.4 Å². The fraction of sp³-hybridized carbons (Fsp3) is 0.571. The van der Waals surface area contributed by atoms with Gasteiger partial charge in [0.2, 0.25) is 0 Å². The smallest absolute Gasteiger partial charge is 0.105 e. The zero-order valence-electron chi connectivity index (χ0n) is 10.7. The van der Waals surface area contributed by atoms with Crippen molar-refractivity contribution in [1.82, 2.24) is 5.32 Å². The summed E-state index contributed by atoms with van der Waals surface area (Å²) in [6.07, 6.45) is 7.01. The van der Waals surface area contributed by atoms with E-state index in [1.165, 1.54) is 11.1 Å². The molecule has 0 saturated heterocycles. The van der Waals surface area contributed by atoms with E-state index >= 15 is 0 Å². The molecule has 0 aromatic carbocycles. The van der Waals surface area contributed by atoms with Crippen molar-refractivity contribution in [3.8, 4) is 0 Å². The van der Waals surface area contributed by atoms with Crippen LogP contribution in [-0.2, 0) is 4.74 Å². The average Bonchev–Trinajstić information content (AvgIpc) is 2.78. The van der Waals surface area contributed by atoms with Gasteiger partial charge in [0, 0.05) is 5.56 Å². The first-order valence-electron chi connectivity index (χ1n) is 6.41. The molecule has 1 aliphatic rings. The van der Waals surface area contributed by atoms with E-state index in [1.807, 2.05) is 13.2 Å². The fourth-order valence-electron chi connectivity index (χ4n) is 2.22. The molecule has 17 heavy (non-hydrogen) atoms. The maximum absolute atomic E-state index is 5.45. The predicted molar refractivity (Wildman–Crippen MR) is 67.7 cm³/mol. The van der Waals surface area contributed by atoms with Crippen LogP contribution >= 0.6 is 0 Å². The van der Waals surface area contributed by atoms with E-state index in [1.54, 1.807) is 6.26 Å². The van der Waals surface area contributed by atoms with E-state index in [0.717, 1.165) is 38.2 Å². The van der Waals surface area contributed by atoms with Crippen molar-refractivity contribution in [2.24, 2.45) is 0 Å². The van der Waals surface area contributed by atoms with Crippen LogP contribution in [0.25, 0.3) is 0 Å². The lowest BCUT2D eigenvalue weighted by Gasteiger charge is -2.24. The number of hydrogen-bond donors (Lipinski definition) is 1. The van der Waals surface area contributed by atoms with Gasteiger partial charge in [-0.2, -0.15) is 0 Å². The molecule has 1 unspecified atom stereocenters. The lowest BCUT2D eigenvalue weighted by atomic mass is 9.95. The molecule has 2 rings (SSSR count). The van der Waals surface area contributed by atoms with E-state index in [0.29, 0.717) is 0 Å². The van der Waals surface area contributed by atoms with Crippen LogP contribution in [0.1, 0.15) is 43.6 Å². The first-order chi connectivity index (χ1) is 8.33. The SMILES string of the molecule is CCCNC(C1=COCCC1)c1ccoc1C. The molecule has 1 N–H and O–H groups in total. The van der Waals surface area contributed by atoms with E-state index in [4.69, 9.17) is 9.15 Å². The Morgan fingerprint density at radius 2 is 2.35 bits per heavy atom. The van der Waals surface area contributed by atoms with Gasteiger partial charge in [0.05, 0.1) is 25.2 Å². The summed E-state index contributed by atoms with van der Waals surface area (Å²) >= 11 is 0. The lowest BCUT2D eigenvalue weighted by molar-refractivity contribution is 0.219. The molecule has 0 aliphatic carbocycles. The summed E-state index contributed by atoms with van der Waals surface area (Å²) in [5.74, 6) is 0.991. The number of ether oxygens (including phenoxy) is 1. The third-order valence-electron chi connectivity index (χ3n) is 3.14. The monoisotopic (exact) mass is 235 g/mol. The Labute approximate surface area is 103 Å². The van der Waals surface area contributed by atoms with Crippen LogP contribution in [0.3, 0.4) is 0 Å². The summed E-state index contributed by atoms with van der Waals surface area (Å²) in [5, 5.41) is 3.57. The van der Waals surface area contributed by atoms with Gasteiger partial charge in [-0.3, -0.25) is 0 Å². The molecule has 0 spiro atoms. The second-order valence-corrected chi connectivity index (χ2v) is 4.49. The van der Waals surface area contributed by atoms with E-state index in [-0.39, 0.29) is 6.04 Å². The topological polar surface area (TPSA) is 34.4 Å². The summed E-state index contributed by atoms with van der Waals surface area (Å²) in [5.41, 5.74) is 2.56. The Morgan fingerprint density at radius 3 is 2.94 bits per heavy atom. The van der Waals surface area contributed by atoms with Crippen molar-refractivity contribution in [1.29, 1.82) is 0 Å². The largest absolute Gasteiger partial charge is 0.501 e. The minimum atomic E-state index is 0.244. The van der Waals surface area contributed by atoms with E-state index in [2.05, 4.69) is 18.3 Å². The number of hydrogen-bond acceptors (Lipinski definition) is 3. The molecule has 1 aromatic rings. The summed E-state index contributed by atoms with van der Waals surface area (Å²) in [6.45, 7) is 6.04. The van der Waals surface area contributed by atoms with Crippen molar-refractivity contribution < 1.29 is 9.15 Å². The van der Waals surface area contributed by atoms with Crippen molar-refractivity contribution in [3.63, 3.8) is 0 Å². The van der Waals surface area contributed by atoms with Gasteiger partial charge < -0.3 is 14.5 Å². The Kier molecular flexibility index (Phi) is 4.26. The van der Waals surface area contributed by atoms with Gasteiger partial charge in [0.15, 0.2) is 0 Å². The third kappa shape index (κ3) is 2.91. The molecule has 0 radical (unpaired) electrons. The van der Waals surface area contributed by atoms with E-state index < -0.39 is 0 Å². The van der Waals surface area contributed by atoms with Crippen LogP contribution in [0.2, 0.25) is 0 Å². The average molecular weight is 235 g/mol. The lowest BCUT2D eigenvalue weighted by Crippen LogP contribution is -2.25. The van der Waals surface area contributed by atoms with Crippen molar-refractivity contribution >= 4 is 0 Å². The Morgan fingerprint density at radius 1 is 1.47 bits per heavy atom. The molecule has 1 aliphatic heterocycles. The third-order valence-corrected chi connectivity index (χ3v) is 3.14. The maximum atomic E-state index is 5.45. The molecule has 1 aromatic heterocycles. The van der Waals surface area contributed by atoms with Crippen molar-refractivity contribution in [3.05, 3.63) is 35.5 Å². The maximum Gasteiger partial charge on any atom is 0.105 e. The molecule has 94 valence electrons. The van der Waals surface area contributed by atoms with Gasteiger partial charge in [-0.25, -0.2) is 0 Å². The quantitative estimate of drug-likeness (QED) is 0.850. The summed E-state index contributed by atoms with van der Waals surface area (Å²) in [4.78, 5) is 0. The number of aryl methyl sites for hydroxylation is 1. The molecule has 2 heterocycles. The molecule has 0 fully saturated rings. The molecular weight excluding hydrogens is 214 g/mol. The summed E-state index contributed by atoms with van der Waals surface area (Å²) < 4.78 is 10.9. The van der Waals surface area contributed by atoms with Crippen LogP contribution in [-0.4, -0.2) is 13.2 Å². The highest BCUT2D eigenvalue weighted by molar-refractivity contribution is 5.29. The van der Waals surface area contributed by atoms with Crippen LogP contribution in [0.15, 0.2) is 28.6 Å². The van der Waals surface area contributed by atoms with Crippen molar-refractivity contribution in [2.75, 3.05) is 13.2 Å². The molecule has 0 saturated carbocycles. The number of nitrogens with one attached hydrogen (secondary N) is 1. The summed E-state index contributed by atoms with van der Waals surface area (Å²) in [7, 11) is 0. The van der Waals surface area contributed by atoms with Gasteiger partial charge in [0.25, 0.3) is 0 Å². The van der Waals surface area contributed by atoms with E-state index in [9.17, 15) is 0 Å². The van der Waals surface area contributed by atoms with Crippen LogP contribution in [0.5, 0.6) is 0 Å². The second-order valence-electron chi connectivity index (χ2n) is 4.49. The second kappa shape index (κ2) is 5.92. The Hall–Kier alpha value is -1.22. The van der Waals surface area contributed by atoms with Gasteiger partial charge in [0.1, 0.15) is 5.76 Å². The first kappa shape index (κ1) is 12.2. The highest BCUT2D eigenvalue weighted by Crippen LogP contribution is 2.30. The zero-order chi connectivity index (χ0) is 12.1. The Balaban J connectivity index is 2.18. The molecule has 3 heteroatoms. The normalized spacial score (nSPS) is 17.4. The van der Waals surface area contributed by atoms with Crippen LogP contribution < -0.4 is 5.32 Å². The highest BCUT2D eigenvalue weighted by Gasteiger charge is 2.21. The van der Waals surface area contributed by atoms with Crippen LogP contribution in [0, 0.1) is 6.92 Å². The molecule has 3 nitrogen and oxygen atoms in total. The molecule has 0 bridgehead atoms. The number of furan rings is 1. The van der Waals surface area contributed by atoms with Gasteiger partial charge >= 0.3 is 0 Å². The highest BCUT2D eigenvalue weighted by atomic mass is 16.5. The predicted octanol–water partition coefficient (Wildman–Crippen LogP) is 3.32. The number of rotatable bonds is 5. The van der Waals surface area contributed by atoms with Gasteiger partial charge in [-0.15, -0.1) is 0 Å². The zero-order valence-corrected chi connectivity index (χ0v) is 10.7. The fourth-order valence-corrected chi connectivity index (χ4v) is 2.22. The minimum Gasteiger partial charge on any atom is -0.501 e. The first-order valence-corrected chi connectivity index (χ1v) is 6.41. The molecular formula is C14H21NO2. The minimum absolute atomic E-state index is 0.244. The van der Waals surface area contributed by atoms with Crippen LogP contribution in [0.4, 0.5) is 0 Å². The van der Waals surface area contributed by atoms with Gasteiger partial charge in [-0.1, -0.05) is 6.92 Å². The molecule has 1 atom stereocenters. The Bertz CT molecular complexity index is 381. The summed E-state index contributed by atoms with van der Waals surface area (Å²) in [6, 6.07) is 2.30.